The van der Waals surface area contributed by atoms with Gasteiger partial charge in [-0.25, -0.2) is 0 Å². The Morgan fingerprint density at radius 1 is 1.23 bits per heavy atom. The summed E-state index contributed by atoms with van der Waals surface area (Å²) in [6, 6.07) is 7.93. The third kappa shape index (κ3) is 5.68. The maximum absolute atomic E-state index is 12.2. The molecule has 1 aromatic carbocycles. The number of ether oxygens (including phenoxy) is 1. The summed E-state index contributed by atoms with van der Waals surface area (Å²) >= 11 is 0. The van der Waals surface area contributed by atoms with Gasteiger partial charge in [0.25, 0.3) is 5.91 Å². The van der Waals surface area contributed by atoms with E-state index in [-0.39, 0.29) is 11.9 Å². The van der Waals surface area contributed by atoms with Crippen LogP contribution in [0, 0.1) is 0 Å². The molecule has 0 spiro atoms. The van der Waals surface area contributed by atoms with E-state index in [1.807, 2.05) is 31.2 Å². The Bertz CT molecular complexity index is 431. The summed E-state index contributed by atoms with van der Waals surface area (Å²) in [7, 11) is 1.65. The molecule has 0 aromatic heterocycles. The number of hydrogen-bond donors (Lipinski definition) is 1. The first kappa shape index (κ1) is 18.5. The highest BCUT2D eigenvalue weighted by Gasteiger charge is 2.12. The van der Waals surface area contributed by atoms with Crippen molar-refractivity contribution in [1.29, 1.82) is 0 Å². The Balaban J connectivity index is 2.68. The lowest BCUT2D eigenvalue weighted by molar-refractivity contribution is 0.0894. The lowest BCUT2D eigenvalue weighted by Gasteiger charge is -2.23. The smallest absolute Gasteiger partial charge is 0.251 e. The van der Waals surface area contributed by atoms with Crippen molar-refractivity contribution in [2.24, 2.45) is 0 Å². The Morgan fingerprint density at radius 2 is 1.91 bits per heavy atom. The summed E-state index contributed by atoms with van der Waals surface area (Å²) in [5.41, 5.74) is 1.88. The van der Waals surface area contributed by atoms with E-state index >= 15 is 0 Å². The zero-order valence-electron chi connectivity index (χ0n) is 14.4. The SMILES string of the molecule is CCCCN(CC)c1ccc(C(=O)NC(CC)COC)cc1. The lowest BCUT2D eigenvalue weighted by Crippen LogP contribution is -2.37. The molecule has 0 saturated heterocycles. The Kier molecular flexibility index (Phi) is 8.60. The van der Waals surface area contributed by atoms with Crippen LogP contribution < -0.4 is 10.2 Å². The number of unbranched alkanes of at least 4 members (excludes halogenated alkanes) is 1. The highest BCUT2D eigenvalue weighted by Crippen LogP contribution is 2.16. The monoisotopic (exact) mass is 306 g/mol. The van der Waals surface area contributed by atoms with Gasteiger partial charge in [0.15, 0.2) is 0 Å². The number of methoxy groups -OCH3 is 1. The maximum atomic E-state index is 12.2. The molecular weight excluding hydrogens is 276 g/mol. The van der Waals surface area contributed by atoms with Crippen molar-refractivity contribution >= 4 is 11.6 Å². The predicted molar refractivity (Wildman–Crippen MR) is 92.7 cm³/mol. The van der Waals surface area contributed by atoms with E-state index < -0.39 is 0 Å². The number of benzene rings is 1. The van der Waals surface area contributed by atoms with E-state index in [1.165, 1.54) is 18.5 Å². The van der Waals surface area contributed by atoms with Gasteiger partial charge in [-0.2, -0.15) is 0 Å². The molecule has 0 radical (unpaired) electrons. The van der Waals surface area contributed by atoms with Crippen LogP contribution in [-0.2, 0) is 4.74 Å². The Hall–Kier alpha value is -1.55. The van der Waals surface area contributed by atoms with Crippen LogP contribution in [-0.4, -0.2) is 38.8 Å². The molecule has 1 atom stereocenters. The van der Waals surface area contributed by atoms with Gasteiger partial charge in [0.05, 0.1) is 12.6 Å². The highest BCUT2D eigenvalue weighted by molar-refractivity contribution is 5.94. The van der Waals surface area contributed by atoms with Crippen LogP contribution in [0.5, 0.6) is 0 Å². The minimum atomic E-state index is -0.0351. The fourth-order valence-corrected chi connectivity index (χ4v) is 2.37. The van der Waals surface area contributed by atoms with Gasteiger partial charge in [-0.05, 0) is 44.0 Å². The molecule has 1 rings (SSSR count). The molecule has 0 fully saturated rings. The maximum Gasteiger partial charge on any atom is 0.251 e. The number of amides is 1. The molecule has 22 heavy (non-hydrogen) atoms. The molecule has 0 saturated carbocycles. The average Bonchev–Trinajstić information content (AvgIpc) is 2.55. The van der Waals surface area contributed by atoms with Crippen LogP contribution in [0.3, 0.4) is 0 Å². The van der Waals surface area contributed by atoms with Crippen molar-refractivity contribution in [2.75, 3.05) is 31.7 Å². The molecule has 124 valence electrons. The van der Waals surface area contributed by atoms with E-state index in [1.54, 1.807) is 7.11 Å². The first-order valence-electron chi connectivity index (χ1n) is 8.30. The second-order valence-electron chi connectivity index (χ2n) is 5.51. The van der Waals surface area contributed by atoms with E-state index in [0.29, 0.717) is 12.2 Å². The molecule has 0 heterocycles. The van der Waals surface area contributed by atoms with Crippen molar-refractivity contribution in [3.8, 4) is 0 Å². The summed E-state index contributed by atoms with van der Waals surface area (Å²) in [6.07, 6.45) is 3.23. The van der Waals surface area contributed by atoms with Gasteiger partial charge in [0.1, 0.15) is 0 Å². The molecule has 1 N–H and O–H groups in total. The zero-order valence-corrected chi connectivity index (χ0v) is 14.4. The number of nitrogens with zero attached hydrogens (tertiary/aromatic N) is 1. The fourth-order valence-electron chi connectivity index (χ4n) is 2.37. The Morgan fingerprint density at radius 3 is 2.41 bits per heavy atom. The van der Waals surface area contributed by atoms with Gasteiger partial charge in [0.2, 0.25) is 0 Å². The minimum absolute atomic E-state index is 0.0351. The summed E-state index contributed by atoms with van der Waals surface area (Å²) in [6.45, 7) is 8.99. The van der Waals surface area contributed by atoms with Gasteiger partial charge in [-0.15, -0.1) is 0 Å². The molecule has 4 heteroatoms. The van der Waals surface area contributed by atoms with Gasteiger partial charge in [-0.3, -0.25) is 4.79 Å². The largest absolute Gasteiger partial charge is 0.383 e. The summed E-state index contributed by atoms with van der Waals surface area (Å²) in [5.74, 6) is -0.0351. The van der Waals surface area contributed by atoms with Crippen LogP contribution in [0.1, 0.15) is 50.4 Å². The van der Waals surface area contributed by atoms with Crippen molar-refractivity contribution in [3.05, 3.63) is 29.8 Å². The molecular formula is C18H30N2O2. The van der Waals surface area contributed by atoms with E-state index in [2.05, 4.69) is 24.1 Å². The lowest BCUT2D eigenvalue weighted by atomic mass is 10.1. The minimum Gasteiger partial charge on any atom is -0.383 e. The molecule has 0 aliphatic rings. The van der Waals surface area contributed by atoms with E-state index in [0.717, 1.165) is 19.5 Å². The number of carbonyl (C=O) groups is 1. The summed E-state index contributed by atoms with van der Waals surface area (Å²) < 4.78 is 5.11. The van der Waals surface area contributed by atoms with Crippen LogP contribution in [0.15, 0.2) is 24.3 Å². The normalized spacial score (nSPS) is 12.0. The third-order valence-electron chi connectivity index (χ3n) is 3.85. The molecule has 1 aromatic rings. The molecule has 1 amide bonds. The van der Waals surface area contributed by atoms with Crippen LogP contribution in [0.2, 0.25) is 0 Å². The van der Waals surface area contributed by atoms with Crippen molar-refractivity contribution in [2.45, 2.75) is 46.1 Å². The van der Waals surface area contributed by atoms with Crippen LogP contribution in [0.4, 0.5) is 5.69 Å². The fraction of sp³-hybridized carbons (Fsp3) is 0.611. The summed E-state index contributed by atoms with van der Waals surface area (Å²) in [4.78, 5) is 14.6. The average molecular weight is 306 g/mol. The number of rotatable bonds is 10. The summed E-state index contributed by atoms with van der Waals surface area (Å²) in [5, 5.41) is 3.00. The highest BCUT2D eigenvalue weighted by atomic mass is 16.5. The number of anilines is 1. The van der Waals surface area contributed by atoms with Crippen molar-refractivity contribution in [1.82, 2.24) is 5.32 Å². The van der Waals surface area contributed by atoms with E-state index in [9.17, 15) is 4.79 Å². The third-order valence-corrected chi connectivity index (χ3v) is 3.85. The predicted octanol–water partition coefficient (Wildman–Crippen LogP) is 3.47. The van der Waals surface area contributed by atoms with Gasteiger partial charge in [0, 0.05) is 31.5 Å². The Labute approximate surface area is 134 Å². The molecule has 1 unspecified atom stereocenters. The van der Waals surface area contributed by atoms with Crippen molar-refractivity contribution in [3.63, 3.8) is 0 Å². The molecule has 4 nitrogen and oxygen atoms in total. The molecule has 0 aliphatic carbocycles. The number of hydrogen-bond acceptors (Lipinski definition) is 3. The number of nitrogens with one attached hydrogen (secondary N) is 1. The topological polar surface area (TPSA) is 41.6 Å². The second kappa shape index (κ2) is 10.2. The quantitative estimate of drug-likeness (QED) is 0.719. The standard InChI is InChI=1S/C18H30N2O2/c1-5-8-13-20(7-3)17-11-9-15(10-12-17)18(21)19-16(6-2)14-22-4/h9-12,16H,5-8,13-14H2,1-4H3,(H,19,21). The van der Waals surface area contributed by atoms with Gasteiger partial charge in [-0.1, -0.05) is 20.3 Å². The zero-order chi connectivity index (χ0) is 16.4. The second-order valence-corrected chi connectivity index (χ2v) is 5.51. The number of carbonyl (C=O) groups excluding carboxylic acids is 1. The van der Waals surface area contributed by atoms with Crippen molar-refractivity contribution < 1.29 is 9.53 Å². The first-order chi connectivity index (χ1) is 10.7. The van der Waals surface area contributed by atoms with E-state index in [4.69, 9.17) is 4.74 Å². The molecule has 0 aliphatic heterocycles. The van der Waals surface area contributed by atoms with Crippen LogP contribution >= 0.6 is 0 Å². The van der Waals surface area contributed by atoms with Gasteiger partial charge < -0.3 is 15.0 Å². The molecule has 0 bridgehead atoms. The first-order valence-corrected chi connectivity index (χ1v) is 8.30. The van der Waals surface area contributed by atoms with Gasteiger partial charge >= 0.3 is 0 Å². The van der Waals surface area contributed by atoms with Crippen LogP contribution in [0.25, 0.3) is 0 Å².